The normalized spacial score (nSPS) is 14.6. The number of benzene rings is 1. The van der Waals surface area contributed by atoms with Crippen LogP contribution in [0, 0.1) is 23.4 Å². The van der Waals surface area contributed by atoms with Crippen LogP contribution < -0.4 is 5.32 Å². The molecular weight excluding hydrogens is 239 g/mol. The number of rotatable bonds is 6. The number of hydrogen-bond acceptors (Lipinski definition) is 1. The Morgan fingerprint density at radius 1 is 1.11 bits per heavy atom. The van der Waals surface area contributed by atoms with E-state index >= 15 is 0 Å². The van der Waals surface area contributed by atoms with Crippen LogP contribution in [-0.4, -0.2) is 6.54 Å². The first-order valence-electron chi connectivity index (χ1n) is 6.37. The van der Waals surface area contributed by atoms with E-state index in [1.54, 1.807) is 0 Å². The maximum Gasteiger partial charge on any atom is 0.194 e. The maximum absolute atomic E-state index is 13.2. The van der Waals surface area contributed by atoms with Gasteiger partial charge in [-0.15, -0.1) is 0 Å². The van der Waals surface area contributed by atoms with Crippen LogP contribution in [0.5, 0.6) is 0 Å². The highest BCUT2D eigenvalue weighted by Crippen LogP contribution is 2.25. The summed E-state index contributed by atoms with van der Waals surface area (Å²) >= 11 is 0. The average molecular weight is 259 g/mol. The molecule has 1 N–H and O–H groups in total. The minimum Gasteiger partial charge on any atom is -0.310 e. The van der Waals surface area contributed by atoms with Crippen LogP contribution in [0.25, 0.3) is 0 Å². The molecule has 0 saturated heterocycles. The average Bonchev–Trinajstić information content (AvgIpc) is 2.34. The van der Waals surface area contributed by atoms with Gasteiger partial charge in [-0.3, -0.25) is 0 Å². The molecule has 0 fully saturated rings. The molecular formula is C14H20F3N. The van der Waals surface area contributed by atoms with Crippen LogP contribution in [0.3, 0.4) is 0 Å². The van der Waals surface area contributed by atoms with Crippen molar-refractivity contribution in [2.24, 2.45) is 5.92 Å². The zero-order chi connectivity index (χ0) is 13.7. The van der Waals surface area contributed by atoms with Crippen molar-refractivity contribution in [3.05, 3.63) is 35.1 Å². The van der Waals surface area contributed by atoms with Gasteiger partial charge in [-0.2, -0.15) is 0 Å². The van der Waals surface area contributed by atoms with Crippen molar-refractivity contribution < 1.29 is 13.2 Å². The molecule has 1 aromatic rings. The van der Waals surface area contributed by atoms with E-state index in [2.05, 4.69) is 19.2 Å². The molecule has 0 bridgehead atoms. The highest BCUT2D eigenvalue weighted by atomic mass is 19.2. The van der Waals surface area contributed by atoms with E-state index in [0.29, 0.717) is 18.0 Å². The molecule has 0 spiro atoms. The molecule has 0 aliphatic carbocycles. The Labute approximate surface area is 106 Å². The van der Waals surface area contributed by atoms with Gasteiger partial charge in [0, 0.05) is 6.04 Å². The number of nitrogens with one attached hydrogen (secondary N) is 1. The lowest BCUT2D eigenvalue weighted by atomic mass is 9.94. The number of hydrogen-bond donors (Lipinski definition) is 1. The molecule has 0 radical (unpaired) electrons. The molecule has 0 heterocycles. The van der Waals surface area contributed by atoms with Crippen LogP contribution in [0.1, 0.15) is 45.2 Å². The van der Waals surface area contributed by atoms with Gasteiger partial charge in [0.1, 0.15) is 0 Å². The molecule has 18 heavy (non-hydrogen) atoms. The summed E-state index contributed by atoms with van der Waals surface area (Å²) in [4.78, 5) is 0. The van der Waals surface area contributed by atoms with Crippen molar-refractivity contribution in [1.29, 1.82) is 0 Å². The zero-order valence-corrected chi connectivity index (χ0v) is 11.1. The van der Waals surface area contributed by atoms with Crippen molar-refractivity contribution >= 4 is 0 Å². The Kier molecular flexibility index (Phi) is 5.66. The summed E-state index contributed by atoms with van der Waals surface area (Å²) < 4.78 is 39.4. The summed E-state index contributed by atoms with van der Waals surface area (Å²) in [6.07, 6.45) is 1.77. The molecule has 0 saturated carbocycles. The van der Waals surface area contributed by atoms with E-state index in [0.717, 1.165) is 25.0 Å². The fourth-order valence-corrected chi connectivity index (χ4v) is 1.93. The Morgan fingerprint density at radius 2 is 1.67 bits per heavy atom. The highest BCUT2D eigenvalue weighted by molar-refractivity contribution is 5.22. The van der Waals surface area contributed by atoms with Crippen LogP contribution in [0.2, 0.25) is 0 Å². The van der Waals surface area contributed by atoms with Gasteiger partial charge in [0.05, 0.1) is 0 Å². The molecule has 1 aromatic carbocycles. The molecule has 102 valence electrons. The van der Waals surface area contributed by atoms with Gasteiger partial charge in [0.15, 0.2) is 17.5 Å². The van der Waals surface area contributed by atoms with E-state index in [9.17, 15) is 13.2 Å². The van der Waals surface area contributed by atoms with Gasteiger partial charge in [-0.1, -0.05) is 27.2 Å². The molecule has 0 aromatic heterocycles. The van der Waals surface area contributed by atoms with Crippen molar-refractivity contribution in [2.45, 2.75) is 39.7 Å². The Morgan fingerprint density at radius 3 is 2.11 bits per heavy atom. The van der Waals surface area contributed by atoms with Crippen molar-refractivity contribution in [1.82, 2.24) is 5.32 Å². The fraction of sp³-hybridized carbons (Fsp3) is 0.571. The molecule has 0 amide bonds. The van der Waals surface area contributed by atoms with Gasteiger partial charge >= 0.3 is 0 Å². The van der Waals surface area contributed by atoms with E-state index in [1.165, 1.54) is 0 Å². The smallest absolute Gasteiger partial charge is 0.194 e. The van der Waals surface area contributed by atoms with E-state index < -0.39 is 17.5 Å². The third-order valence-electron chi connectivity index (χ3n) is 3.19. The second-order valence-corrected chi connectivity index (χ2v) is 4.66. The lowest BCUT2D eigenvalue weighted by Crippen LogP contribution is -2.23. The summed E-state index contributed by atoms with van der Waals surface area (Å²) in [7, 11) is 0. The van der Waals surface area contributed by atoms with Gasteiger partial charge in [-0.05, 0) is 36.6 Å². The molecule has 4 heteroatoms. The molecule has 2 atom stereocenters. The predicted molar refractivity (Wildman–Crippen MR) is 66.8 cm³/mol. The van der Waals surface area contributed by atoms with Crippen molar-refractivity contribution in [3.8, 4) is 0 Å². The van der Waals surface area contributed by atoms with E-state index in [-0.39, 0.29) is 6.04 Å². The Balaban J connectivity index is 2.98. The minimum absolute atomic E-state index is 0.144. The second kappa shape index (κ2) is 6.78. The second-order valence-electron chi connectivity index (χ2n) is 4.66. The lowest BCUT2D eigenvalue weighted by molar-refractivity contribution is 0.398. The summed E-state index contributed by atoms with van der Waals surface area (Å²) in [5.74, 6) is -3.23. The monoisotopic (exact) mass is 259 g/mol. The van der Waals surface area contributed by atoms with E-state index in [1.807, 2.05) is 6.92 Å². The summed E-state index contributed by atoms with van der Waals surface area (Å²) in [5, 5.41) is 3.18. The molecule has 0 aliphatic heterocycles. The topological polar surface area (TPSA) is 12.0 Å². The summed E-state index contributed by atoms with van der Waals surface area (Å²) in [5.41, 5.74) is 0.466. The summed E-state index contributed by atoms with van der Waals surface area (Å²) in [6, 6.07) is 2.01. The first-order chi connectivity index (χ1) is 8.49. The predicted octanol–water partition coefficient (Wildman–Crippen LogP) is 4.19. The van der Waals surface area contributed by atoms with Gasteiger partial charge in [-0.25, -0.2) is 13.2 Å². The number of halogens is 3. The lowest BCUT2D eigenvalue weighted by Gasteiger charge is -2.22. The van der Waals surface area contributed by atoms with Gasteiger partial charge in [0.2, 0.25) is 0 Å². The first kappa shape index (κ1) is 15.0. The molecule has 1 nitrogen and oxygen atoms in total. The highest BCUT2D eigenvalue weighted by Gasteiger charge is 2.18. The van der Waals surface area contributed by atoms with Crippen molar-refractivity contribution in [2.75, 3.05) is 6.54 Å². The quantitative estimate of drug-likeness (QED) is 0.755. The molecule has 2 unspecified atom stereocenters. The van der Waals surface area contributed by atoms with Crippen LogP contribution in [0.15, 0.2) is 12.1 Å². The molecule has 0 aliphatic rings. The molecule has 1 rings (SSSR count). The fourth-order valence-electron chi connectivity index (χ4n) is 1.93. The third-order valence-corrected chi connectivity index (χ3v) is 3.19. The SMILES string of the molecule is CCNC(CC(C)CC)c1cc(F)c(F)c(F)c1. The standard InChI is InChI=1S/C14H20F3N/c1-4-9(3)6-13(18-5-2)10-7-11(15)14(17)12(16)8-10/h7-9,13,18H,4-6H2,1-3H3. The van der Waals surface area contributed by atoms with Crippen LogP contribution in [-0.2, 0) is 0 Å². The largest absolute Gasteiger partial charge is 0.310 e. The van der Waals surface area contributed by atoms with Crippen LogP contribution in [0.4, 0.5) is 13.2 Å². The van der Waals surface area contributed by atoms with Crippen LogP contribution >= 0.6 is 0 Å². The zero-order valence-electron chi connectivity index (χ0n) is 11.1. The summed E-state index contributed by atoms with van der Waals surface area (Å²) in [6.45, 7) is 6.78. The Bertz CT molecular complexity index is 370. The third kappa shape index (κ3) is 3.73. The van der Waals surface area contributed by atoms with E-state index in [4.69, 9.17) is 0 Å². The van der Waals surface area contributed by atoms with Gasteiger partial charge in [0.25, 0.3) is 0 Å². The van der Waals surface area contributed by atoms with Crippen molar-refractivity contribution in [3.63, 3.8) is 0 Å². The minimum atomic E-state index is -1.41. The Hall–Kier alpha value is -1.03. The maximum atomic E-state index is 13.2. The first-order valence-corrected chi connectivity index (χ1v) is 6.37. The van der Waals surface area contributed by atoms with Gasteiger partial charge < -0.3 is 5.32 Å².